The number of terminal acetylenes is 1. The van der Waals surface area contributed by atoms with Crippen LogP contribution in [0.1, 0.15) is 11.1 Å². The molecule has 0 spiro atoms. The van der Waals surface area contributed by atoms with Crippen molar-refractivity contribution >= 4 is 34.1 Å². The zero-order valence-electron chi connectivity index (χ0n) is 16.6. The van der Waals surface area contributed by atoms with E-state index in [-0.39, 0.29) is 5.91 Å². The first kappa shape index (κ1) is 20.0. The lowest BCUT2D eigenvalue weighted by Crippen LogP contribution is -2.13. The molecule has 2 heterocycles. The average Bonchev–Trinajstić information content (AvgIpc) is 2.69. The zero-order chi connectivity index (χ0) is 20.8. The molecule has 29 heavy (non-hydrogen) atoms. The van der Waals surface area contributed by atoms with Crippen molar-refractivity contribution in [1.82, 2.24) is 19.9 Å². The molecule has 0 atom stereocenters. The van der Waals surface area contributed by atoms with Gasteiger partial charge in [-0.15, -0.1) is 6.42 Å². The second-order valence-corrected chi connectivity index (χ2v) is 6.76. The van der Waals surface area contributed by atoms with E-state index < -0.39 is 0 Å². The third-order valence-electron chi connectivity index (χ3n) is 4.17. The van der Waals surface area contributed by atoms with Gasteiger partial charge in [-0.1, -0.05) is 18.1 Å². The molecule has 1 amide bonds. The Labute approximate surface area is 169 Å². The smallest absolute Gasteiger partial charge is 0.249 e. The molecule has 0 aliphatic heterocycles. The summed E-state index contributed by atoms with van der Waals surface area (Å²) in [5.74, 6) is 3.44. The predicted molar refractivity (Wildman–Crippen MR) is 116 cm³/mol. The average molecular weight is 386 g/mol. The number of benzene rings is 1. The highest BCUT2D eigenvalue weighted by Crippen LogP contribution is 2.25. The van der Waals surface area contributed by atoms with Gasteiger partial charge in [0, 0.05) is 29.3 Å². The van der Waals surface area contributed by atoms with Gasteiger partial charge in [-0.25, -0.2) is 15.0 Å². The fraction of sp³-hybridized carbons (Fsp3) is 0.182. The molecule has 1 aromatic carbocycles. The van der Waals surface area contributed by atoms with Crippen LogP contribution in [0.2, 0.25) is 0 Å². The minimum Gasteiger partial charge on any atom is -0.340 e. The highest BCUT2D eigenvalue weighted by atomic mass is 16.1. The maximum Gasteiger partial charge on any atom is 0.249 e. The van der Waals surface area contributed by atoms with Crippen molar-refractivity contribution in [2.45, 2.75) is 6.92 Å². The van der Waals surface area contributed by atoms with Gasteiger partial charge in [-0.05, 0) is 44.8 Å². The van der Waals surface area contributed by atoms with Gasteiger partial charge in [-0.3, -0.25) is 4.79 Å². The van der Waals surface area contributed by atoms with Gasteiger partial charge in [0.25, 0.3) is 0 Å². The normalized spacial score (nSPS) is 11.0. The SMILES string of the molecule is C#Cc1cc(Nc2ncnc3cnc(NC(=O)/C=C/CN(C)C)cc23)ccc1C. The Kier molecular flexibility index (Phi) is 6.17. The minimum atomic E-state index is -0.248. The third-order valence-corrected chi connectivity index (χ3v) is 4.17. The van der Waals surface area contributed by atoms with Crippen molar-refractivity contribution < 1.29 is 4.79 Å². The summed E-state index contributed by atoms with van der Waals surface area (Å²) in [7, 11) is 3.87. The molecule has 7 heteroatoms. The molecule has 3 rings (SSSR count). The van der Waals surface area contributed by atoms with Gasteiger partial charge in [-0.2, -0.15) is 0 Å². The van der Waals surface area contributed by atoms with Crippen LogP contribution in [0.5, 0.6) is 0 Å². The van der Waals surface area contributed by atoms with E-state index in [1.54, 1.807) is 18.3 Å². The second-order valence-electron chi connectivity index (χ2n) is 6.76. The lowest BCUT2D eigenvalue weighted by molar-refractivity contribution is -0.111. The molecule has 146 valence electrons. The monoisotopic (exact) mass is 386 g/mol. The van der Waals surface area contributed by atoms with Crippen LogP contribution >= 0.6 is 0 Å². The number of hydrogen-bond donors (Lipinski definition) is 2. The summed E-state index contributed by atoms with van der Waals surface area (Å²) in [5, 5.41) is 6.76. The van der Waals surface area contributed by atoms with E-state index in [1.165, 1.54) is 12.4 Å². The van der Waals surface area contributed by atoms with Crippen molar-refractivity contribution in [3.05, 3.63) is 60.1 Å². The van der Waals surface area contributed by atoms with Crippen molar-refractivity contribution in [2.24, 2.45) is 0 Å². The van der Waals surface area contributed by atoms with Crippen LogP contribution < -0.4 is 10.6 Å². The molecule has 0 unspecified atom stereocenters. The predicted octanol–water partition coefficient (Wildman–Crippen LogP) is 3.11. The molecule has 0 radical (unpaired) electrons. The maximum atomic E-state index is 12.1. The molecule has 3 aromatic rings. The van der Waals surface area contributed by atoms with E-state index in [0.29, 0.717) is 23.7 Å². The lowest BCUT2D eigenvalue weighted by atomic mass is 10.1. The molecule has 0 aliphatic carbocycles. The molecule has 0 saturated heterocycles. The highest BCUT2D eigenvalue weighted by molar-refractivity contribution is 6.00. The number of aromatic nitrogens is 3. The van der Waals surface area contributed by atoms with Crippen LogP contribution in [0, 0.1) is 19.3 Å². The van der Waals surface area contributed by atoms with E-state index in [4.69, 9.17) is 6.42 Å². The molecule has 0 bridgehead atoms. The van der Waals surface area contributed by atoms with Crippen LogP contribution in [-0.2, 0) is 4.79 Å². The fourth-order valence-corrected chi connectivity index (χ4v) is 2.66. The Morgan fingerprint density at radius 2 is 2.07 bits per heavy atom. The van der Waals surface area contributed by atoms with Crippen LogP contribution in [0.25, 0.3) is 10.9 Å². The number of hydrogen-bond acceptors (Lipinski definition) is 6. The molecule has 0 fully saturated rings. The summed E-state index contributed by atoms with van der Waals surface area (Å²) in [5.41, 5.74) is 3.32. The number of likely N-dealkylation sites (N-methyl/N-ethyl adjacent to an activating group) is 1. The summed E-state index contributed by atoms with van der Waals surface area (Å²) < 4.78 is 0. The zero-order valence-corrected chi connectivity index (χ0v) is 16.6. The number of fused-ring (bicyclic) bond motifs is 1. The van der Waals surface area contributed by atoms with E-state index in [0.717, 1.165) is 22.2 Å². The first-order valence-corrected chi connectivity index (χ1v) is 9.03. The summed E-state index contributed by atoms with van der Waals surface area (Å²) >= 11 is 0. The third kappa shape index (κ3) is 5.15. The number of rotatable bonds is 6. The number of amides is 1. The largest absolute Gasteiger partial charge is 0.340 e. The summed E-state index contributed by atoms with van der Waals surface area (Å²) in [6.07, 6.45) is 11.9. The lowest BCUT2D eigenvalue weighted by Gasteiger charge is -2.10. The number of anilines is 3. The van der Waals surface area contributed by atoms with E-state index in [2.05, 4.69) is 31.5 Å². The Morgan fingerprint density at radius 1 is 1.24 bits per heavy atom. The molecule has 2 N–H and O–H groups in total. The summed E-state index contributed by atoms with van der Waals surface area (Å²) in [6, 6.07) is 7.52. The highest BCUT2D eigenvalue weighted by Gasteiger charge is 2.08. The number of nitrogens with one attached hydrogen (secondary N) is 2. The summed E-state index contributed by atoms with van der Waals surface area (Å²) in [4.78, 5) is 26.9. The van der Waals surface area contributed by atoms with Gasteiger partial charge >= 0.3 is 0 Å². The summed E-state index contributed by atoms with van der Waals surface area (Å²) in [6.45, 7) is 2.64. The molecule has 7 nitrogen and oxygen atoms in total. The molecular weight excluding hydrogens is 364 g/mol. The van der Waals surface area contributed by atoms with Gasteiger partial charge < -0.3 is 15.5 Å². The number of aryl methyl sites for hydroxylation is 1. The molecule has 2 aromatic heterocycles. The quantitative estimate of drug-likeness (QED) is 0.500. The van der Waals surface area contributed by atoms with Crippen molar-refractivity contribution in [3.8, 4) is 12.3 Å². The van der Waals surface area contributed by atoms with Gasteiger partial charge in [0.15, 0.2) is 0 Å². The second kappa shape index (κ2) is 8.95. The number of pyridine rings is 1. The van der Waals surface area contributed by atoms with Crippen LogP contribution in [0.4, 0.5) is 17.3 Å². The first-order valence-electron chi connectivity index (χ1n) is 9.03. The Morgan fingerprint density at radius 3 is 2.83 bits per heavy atom. The Bertz CT molecular complexity index is 1110. The Hall–Kier alpha value is -3.76. The van der Waals surface area contributed by atoms with E-state index in [9.17, 15) is 4.79 Å². The molecule has 0 aliphatic rings. The van der Waals surface area contributed by atoms with Crippen LogP contribution in [0.15, 0.2) is 48.9 Å². The molecule has 0 saturated carbocycles. The number of nitrogens with zero attached hydrogens (tertiary/aromatic N) is 4. The first-order chi connectivity index (χ1) is 14.0. The van der Waals surface area contributed by atoms with E-state index in [1.807, 2.05) is 44.1 Å². The molecular formula is C22H22N6O. The number of carbonyl (C=O) groups is 1. The maximum absolute atomic E-state index is 12.1. The minimum absolute atomic E-state index is 0.248. The van der Waals surface area contributed by atoms with Crippen molar-refractivity contribution in [3.63, 3.8) is 0 Å². The van der Waals surface area contributed by atoms with Crippen LogP contribution in [0.3, 0.4) is 0 Å². The van der Waals surface area contributed by atoms with Crippen molar-refractivity contribution in [2.75, 3.05) is 31.3 Å². The van der Waals surface area contributed by atoms with Gasteiger partial charge in [0.05, 0.1) is 11.7 Å². The van der Waals surface area contributed by atoms with Gasteiger partial charge in [0.1, 0.15) is 18.0 Å². The Balaban J connectivity index is 1.86. The number of carbonyl (C=O) groups excluding carboxylic acids is 1. The van der Waals surface area contributed by atoms with Crippen LogP contribution in [-0.4, -0.2) is 46.4 Å². The standard InChI is InChI=1S/C22H22N6O/c1-5-16-11-17(9-8-15(16)2)26-22-18-12-20(23-13-19(18)24-14-25-22)27-21(29)7-6-10-28(3)4/h1,6-9,11-14H,10H2,2-4H3,(H,23,27,29)(H,24,25,26)/b7-6+. The van der Waals surface area contributed by atoms with Gasteiger partial charge in [0.2, 0.25) is 5.91 Å². The van der Waals surface area contributed by atoms with E-state index >= 15 is 0 Å². The fourth-order valence-electron chi connectivity index (χ4n) is 2.66. The topological polar surface area (TPSA) is 83.0 Å². The van der Waals surface area contributed by atoms with Crippen molar-refractivity contribution in [1.29, 1.82) is 0 Å².